The summed E-state index contributed by atoms with van der Waals surface area (Å²) in [5.41, 5.74) is 2.48. The second-order valence-electron chi connectivity index (χ2n) is 5.17. The summed E-state index contributed by atoms with van der Waals surface area (Å²) in [4.78, 5) is 23.1. The van der Waals surface area contributed by atoms with E-state index in [1.807, 2.05) is 0 Å². The third kappa shape index (κ3) is 3.28. The lowest BCUT2D eigenvalue weighted by Gasteiger charge is -2.18. The number of benzene rings is 1. The Labute approximate surface area is 137 Å². The summed E-state index contributed by atoms with van der Waals surface area (Å²) in [6.07, 6.45) is 4.36. The molecule has 0 atom stereocenters. The van der Waals surface area contributed by atoms with Crippen LogP contribution in [-0.4, -0.2) is 22.2 Å². The van der Waals surface area contributed by atoms with Crippen molar-refractivity contribution in [3.05, 3.63) is 55.3 Å². The fourth-order valence-corrected chi connectivity index (χ4v) is 5.23. The van der Waals surface area contributed by atoms with Crippen molar-refractivity contribution in [2.75, 3.05) is 11.5 Å². The molecule has 0 aromatic heterocycles. The monoisotopic (exact) mass is 333 g/mol. The van der Waals surface area contributed by atoms with Crippen LogP contribution in [0.15, 0.2) is 39.6 Å². The Balaban J connectivity index is 1.90. The number of carbonyl (C=O) groups is 1. The summed E-state index contributed by atoms with van der Waals surface area (Å²) >= 11 is 3.55. The molecule has 0 unspecified atom stereocenters. The molecule has 1 aliphatic carbocycles. The van der Waals surface area contributed by atoms with E-state index in [2.05, 4.69) is 0 Å². The maximum atomic E-state index is 12.6. The van der Waals surface area contributed by atoms with Crippen molar-refractivity contribution in [1.29, 1.82) is 0 Å². The molecule has 4 nitrogen and oxygen atoms in total. The van der Waals surface area contributed by atoms with Gasteiger partial charge in [0.2, 0.25) is 0 Å². The number of carbonyl (C=O) groups excluding carboxylic acids is 1. The summed E-state index contributed by atoms with van der Waals surface area (Å²) in [5, 5.41) is 10.8. The summed E-state index contributed by atoms with van der Waals surface area (Å²) < 4.78 is 1.18. The number of non-ortho nitro benzene ring substituents is 1. The predicted octanol–water partition coefficient (Wildman–Crippen LogP) is 4.42. The third-order valence-corrected chi connectivity index (χ3v) is 6.46. The van der Waals surface area contributed by atoms with Gasteiger partial charge in [-0.05, 0) is 30.9 Å². The van der Waals surface area contributed by atoms with Gasteiger partial charge in [0.05, 0.1) is 4.92 Å². The van der Waals surface area contributed by atoms with E-state index in [0.717, 1.165) is 47.5 Å². The van der Waals surface area contributed by atoms with Gasteiger partial charge in [-0.3, -0.25) is 14.9 Å². The van der Waals surface area contributed by atoms with Crippen LogP contribution >= 0.6 is 23.5 Å². The van der Waals surface area contributed by atoms with Crippen molar-refractivity contribution >= 4 is 41.1 Å². The molecule has 0 radical (unpaired) electrons. The number of hydrogen-bond acceptors (Lipinski definition) is 5. The lowest BCUT2D eigenvalue weighted by molar-refractivity contribution is -0.384. The van der Waals surface area contributed by atoms with Crippen molar-refractivity contribution < 1.29 is 9.72 Å². The van der Waals surface area contributed by atoms with Gasteiger partial charge in [0.1, 0.15) is 0 Å². The van der Waals surface area contributed by atoms with Gasteiger partial charge in [0.25, 0.3) is 5.69 Å². The van der Waals surface area contributed by atoms with Crippen LogP contribution in [0.2, 0.25) is 0 Å². The van der Waals surface area contributed by atoms with Gasteiger partial charge >= 0.3 is 0 Å². The highest BCUT2D eigenvalue weighted by molar-refractivity contribution is 8.25. The highest BCUT2D eigenvalue weighted by Gasteiger charge is 2.26. The van der Waals surface area contributed by atoms with Gasteiger partial charge < -0.3 is 0 Å². The van der Waals surface area contributed by atoms with Crippen LogP contribution in [-0.2, 0) is 4.79 Å². The molecule has 114 valence electrons. The van der Waals surface area contributed by atoms with E-state index < -0.39 is 4.92 Å². The molecule has 1 heterocycles. The molecular formula is C16H15NO3S2. The Bertz CT molecular complexity index is 686. The van der Waals surface area contributed by atoms with Crippen molar-refractivity contribution in [3.8, 4) is 0 Å². The van der Waals surface area contributed by atoms with Crippen molar-refractivity contribution in [2.45, 2.75) is 19.3 Å². The molecule has 0 N–H and O–H groups in total. The topological polar surface area (TPSA) is 60.2 Å². The normalized spacial score (nSPS) is 20.7. The second kappa shape index (κ2) is 6.71. The number of hydrogen-bond donors (Lipinski definition) is 0. The SMILES string of the molecule is O=C1C(=C2SCCS2)CCC/C1=C\c1cccc([N+](=O)[O-])c1. The molecule has 0 spiro atoms. The minimum Gasteiger partial charge on any atom is -0.289 e. The summed E-state index contributed by atoms with van der Waals surface area (Å²) in [7, 11) is 0. The first kappa shape index (κ1) is 15.4. The Kier molecular flexibility index (Phi) is 4.69. The standard InChI is InChI=1S/C16H15NO3S2/c18-15-12(4-2-6-14(15)16-21-7-8-22-16)9-11-3-1-5-13(10-11)17(19)20/h1,3,5,9-10H,2,4,6-8H2/b12-9+. The first-order valence-electron chi connectivity index (χ1n) is 7.13. The van der Waals surface area contributed by atoms with Crippen LogP contribution < -0.4 is 0 Å². The maximum Gasteiger partial charge on any atom is 0.270 e. The van der Waals surface area contributed by atoms with Crippen LogP contribution in [0.5, 0.6) is 0 Å². The maximum absolute atomic E-state index is 12.6. The zero-order valence-corrected chi connectivity index (χ0v) is 13.5. The molecule has 1 aromatic carbocycles. The molecule has 0 amide bonds. The Hall–Kier alpha value is -1.53. The van der Waals surface area contributed by atoms with E-state index in [9.17, 15) is 14.9 Å². The average molecular weight is 333 g/mol. The number of Topliss-reactive ketones (excluding diaryl/α,β-unsaturated/α-hetero) is 1. The summed E-state index contributed by atoms with van der Waals surface area (Å²) in [6, 6.07) is 6.43. The van der Waals surface area contributed by atoms with E-state index in [-0.39, 0.29) is 11.5 Å². The predicted molar refractivity (Wildman–Crippen MR) is 91.9 cm³/mol. The number of allylic oxidation sites excluding steroid dienone is 2. The van der Waals surface area contributed by atoms with Crippen LogP contribution in [0.4, 0.5) is 5.69 Å². The van der Waals surface area contributed by atoms with Gasteiger partial charge in [0, 0.05) is 39.0 Å². The van der Waals surface area contributed by atoms with Crippen LogP contribution in [0.3, 0.4) is 0 Å². The molecule has 3 rings (SSSR count). The first-order chi connectivity index (χ1) is 10.6. The minimum absolute atomic E-state index is 0.0538. The molecule has 2 fully saturated rings. The molecule has 1 aromatic rings. The summed E-state index contributed by atoms with van der Waals surface area (Å²) in [6.45, 7) is 0. The molecule has 1 saturated carbocycles. The zero-order chi connectivity index (χ0) is 15.5. The Morgan fingerprint density at radius 2 is 1.95 bits per heavy atom. The van der Waals surface area contributed by atoms with Gasteiger partial charge in [-0.1, -0.05) is 12.1 Å². The van der Waals surface area contributed by atoms with Crippen LogP contribution in [0.1, 0.15) is 24.8 Å². The number of nitro groups is 1. The van der Waals surface area contributed by atoms with Crippen molar-refractivity contribution in [1.82, 2.24) is 0 Å². The number of thioether (sulfide) groups is 2. The Morgan fingerprint density at radius 1 is 1.18 bits per heavy atom. The second-order valence-corrected chi connectivity index (χ2v) is 7.64. The molecule has 2 aliphatic rings. The number of nitrogens with zero attached hydrogens (tertiary/aromatic N) is 1. The summed E-state index contributed by atoms with van der Waals surface area (Å²) in [5.74, 6) is 2.26. The molecular weight excluding hydrogens is 318 g/mol. The van der Waals surface area contributed by atoms with E-state index >= 15 is 0 Å². The van der Waals surface area contributed by atoms with E-state index in [4.69, 9.17) is 0 Å². The highest BCUT2D eigenvalue weighted by atomic mass is 32.2. The molecule has 6 heteroatoms. The average Bonchev–Trinajstić information content (AvgIpc) is 3.04. The fourth-order valence-electron chi connectivity index (χ4n) is 2.62. The van der Waals surface area contributed by atoms with E-state index in [0.29, 0.717) is 0 Å². The number of rotatable bonds is 2. The lowest BCUT2D eigenvalue weighted by Crippen LogP contribution is -2.13. The Morgan fingerprint density at radius 3 is 2.68 bits per heavy atom. The van der Waals surface area contributed by atoms with E-state index in [1.165, 1.54) is 16.4 Å². The number of ketones is 1. The van der Waals surface area contributed by atoms with Crippen LogP contribution in [0.25, 0.3) is 6.08 Å². The lowest BCUT2D eigenvalue weighted by atomic mass is 9.88. The molecule has 1 saturated heterocycles. The molecule has 1 aliphatic heterocycles. The fraction of sp³-hybridized carbons (Fsp3) is 0.312. The number of nitro benzene ring substituents is 1. The van der Waals surface area contributed by atoms with Crippen molar-refractivity contribution in [3.63, 3.8) is 0 Å². The van der Waals surface area contributed by atoms with E-state index in [1.54, 1.807) is 41.7 Å². The van der Waals surface area contributed by atoms with Crippen molar-refractivity contribution in [2.24, 2.45) is 0 Å². The smallest absolute Gasteiger partial charge is 0.270 e. The van der Waals surface area contributed by atoms with Gasteiger partial charge in [-0.25, -0.2) is 0 Å². The third-order valence-electron chi connectivity index (χ3n) is 3.66. The van der Waals surface area contributed by atoms with Crippen LogP contribution in [0, 0.1) is 10.1 Å². The highest BCUT2D eigenvalue weighted by Crippen LogP contribution is 2.42. The minimum atomic E-state index is -0.413. The zero-order valence-electron chi connectivity index (χ0n) is 11.9. The molecule has 22 heavy (non-hydrogen) atoms. The quantitative estimate of drug-likeness (QED) is 0.455. The van der Waals surface area contributed by atoms with Gasteiger partial charge in [-0.15, -0.1) is 23.5 Å². The van der Waals surface area contributed by atoms with Gasteiger partial charge in [-0.2, -0.15) is 0 Å². The van der Waals surface area contributed by atoms with Gasteiger partial charge in [0.15, 0.2) is 5.78 Å². The first-order valence-corrected chi connectivity index (χ1v) is 9.11. The molecule has 0 bridgehead atoms. The largest absolute Gasteiger partial charge is 0.289 e.